The number of aliphatic hydroxyl groups excluding tert-OH is 1. The van der Waals surface area contributed by atoms with Crippen LogP contribution in [0.3, 0.4) is 0 Å². The third-order valence-electron chi connectivity index (χ3n) is 4.37. The molecule has 114 valence electrons. The number of aliphatic hydroxyl groups is 1. The van der Waals surface area contributed by atoms with Gasteiger partial charge >= 0.3 is 12.0 Å². The first-order valence-corrected chi connectivity index (χ1v) is 7.53. The summed E-state index contributed by atoms with van der Waals surface area (Å²) in [6, 6.07) is -1.28. The Bertz CT molecular complexity index is 355. The van der Waals surface area contributed by atoms with E-state index in [1.165, 1.54) is 30.6 Å². The Balaban J connectivity index is 1.69. The molecule has 3 N–H and O–H groups in total. The topological polar surface area (TPSA) is 89.9 Å². The molecule has 0 aromatic carbocycles. The van der Waals surface area contributed by atoms with Gasteiger partial charge in [-0.3, -0.25) is 0 Å². The number of carboxylic acids is 1. The van der Waals surface area contributed by atoms with Gasteiger partial charge in [0.15, 0.2) is 0 Å². The second-order valence-corrected chi connectivity index (χ2v) is 5.92. The predicted octanol–water partition coefficient (Wildman–Crippen LogP) is 1.19. The van der Waals surface area contributed by atoms with Gasteiger partial charge in [0, 0.05) is 19.5 Å². The molecule has 0 spiro atoms. The first kappa shape index (κ1) is 15.1. The molecular formula is C14H24N2O4. The number of amides is 2. The van der Waals surface area contributed by atoms with Crippen LogP contribution in [0.25, 0.3) is 0 Å². The highest BCUT2D eigenvalue weighted by Gasteiger charge is 2.38. The lowest BCUT2D eigenvalue weighted by atomic mass is 10.0. The molecule has 2 fully saturated rings. The van der Waals surface area contributed by atoms with Crippen molar-refractivity contribution >= 4 is 12.0 Å². The van der Waals surface area contributed by atoms with E-state index in [0.717, 1.165) is 18.8 Å². The second kappa shape index (κ2) is 6.92. The first-order valence-electron chi connectivity index (χ1n) is 7.53. The van der Waals surface area contributed by atoms with Crippen molar-refractivity contribution in [2.45, 2.75) is 57.1 Å². The fourth-order valence-electron chi connectivity index (χ4n) is 3.26. The number of aliphatic carboxylic acids is 1. The number of nitrogens with zero attached hydrogens (tertiary/aromatic N) is 1. The van der Waals surface area contributed by atoms with Crippen LogP contribution in [0.1, 0.15) is 44.9 Å². The normalized spacial score (nSPS) is 26.9. The van der Waals surface area contributed by atoms with Crippen LogP contribution in [0.2, 0.25) is 0 Å². The number of carboxylic acid groups (broad SMARTS) is 1. The molecule has 0 bridgehead atoms. The van der Waals surface area contributed by atoms with Gasteiger partial charge in [0.2, 0.25) is 0 Å². The van der Waals surface area contributed by atoms with Crippen molar-refractivity contribution in [2.75, 3.05) is 13.1 Å². The predicted molar refractivity (Wildman–Crippen MR) is 73.3 cm³/mol. The largest absolute Gasteiger partial charge is 0.480 e. The smallest absolute Gasteiger partial charge is 0.326 e. The number of carbonyl (C=O) groups excluding carboxylic acids is 1. The summed E-state index contributed by atoms with van der Waals surface area (Å²) in [6.45, 7) is 0.680. The molecule has 6 nitrogen and oxygen atoms in total. The standard InChI is InChI=1S/C14H24N2O4/c17-11-8-12(13(18)19)16(9-11)14(20)15-7-3-6-10-4-1-2-5-10/h10-12,17H,1-9H2,(H,15,20)(H,18,19). The van der Waals surface area contributed by atoms with E-state index >= 15 is 0 Å². The summed E-state index contributed by atoms with van der Waals surface area (Å²) in [5.41, 5.74) is 0. The monoisotopic (exact) mass is 284 g/mol. The summed E-state index contributed by atoms with van der Waals surface area (Å²) in [7, 11) is 0. The summed E-state index contributed by atoms with van der Waals surface area (Å²) < 4.78 is 0. The number of rotatable bonds is 5. The minimum Gasteiger partial charge on any atom is -0.480 e. The van der Waals surface area contributed by atoms with Crippen molar-refractivity contribution in [3.05, 3.63) is 0 Å². The van der Waals surface area contributed by atoms with E-state index in [-0.39, 0.29) is 19.0 Å². The molecule has 0 aromatic rings. The number of carbonyl (C=O) groups is 2. The molecule has 20 heavy (non-hydrogen) atoms. The maximum absolute atomic E-state index is 11.9. The Labute approximate surface area is 119 Å². The summed E-state index contributed by atoms with van der Waals surface area (Å²) in [5, 5.41) is 21.3. The van der Waals surface area contributed by atoms with E-state index in [4.69, 9.17) is 5.11 Å². The molecule has 1 saturated heterocycles. The van der Waals surface area contributed by atoms with Gasteiger partial charge in [-0.25, -0.2) is 9.59 Å². The van der Waals surface area contributed by atoms with Crippen LogP contribution in [0.15, 0.2) is 0 Å². The van der Waals surface area contributed by atoms with Gasteiger partial charge < -0.3 is 20.4 Å². The van der Waals surface area contributed by atoms with E-state index in [0.29, 0.717) is 6.54 Å². The van der Waals surface area contributed by atoms with E-state index in [9.17, 15) is 14.7 Å². The van der Waals surface area contributed by atoms with Crippen LogP contribution in [0.4, 0.5) is 4.79 Å². The Morgan fingerprint density at radius 2 is 1.95 bits per heavy atom. The zero-order valence-electron chi connectivity index (χ0n) is 11.8. The molecule has 2 aliphatic rings. The van der Waals surface area contributed by atoms with Crippen LogP contribution in [-0.2, 0) is 4.79 Å². The third kappa shape index (κ3) is 3.85. The fraction of sp³-hybridized carbons (Fsp3) is 0.857. The van der Waals surface area contributed by atoms with Gasteiger partial charge in [0.25, 0.3) is 0 Å². The maximum atomic E-state index is 11.9. The first-order chi connectivity index (χ1) is 9.58. The van der Waals surface area contributed by atoms with Crippen molar-refractivity contribution in [2.24, 2.45) is 5.92 Å². The third-order valence-corrected chi connectivity index (χ3v) is 4.37. The van der Waals surface area contributed by atoms with Crippen LogP contribution in [0, 0.1) is 5.92 Å². The number of β-amino-alcohol motifs (C(OH)–C–C–N with tert-alkyl or cyclic N) is 1. The SMILES string of the molecule is O=C(O)C1CC(O)CN1C(=O)NCCCC1CCCC1. The highest BCUT2D eigenvalue weighted by atomic mass is 16.4. The summed E-state index contributed by atoms with van der Waals surface area (Å²) in [6.07, 6.45) is 6.69. The maximum Gasteiger partial charge on any atom is 0.326 e. The minimum absolute atomic E-state index is 0.103. The van der Waals surface area contributed by atoms with E-state index in [2.05, 4.69) is 5.32 Å². The van der Waals surface area contributed by atoms with Crippen molar-refractivity contribution < 1.29 is 19.8 Å². The van der Waals surface area contributed by atoms with E-state index < -0.39 is 18.1 Å². The van der Waals surface area contributed by atoms with Crippen LogP contribution in [-0.4, -0.2) is 52.3 Å². The Morgan fingerprint density at radius 1 is 1.25 bits per heavy atom. The van der Waals surface area contributed by atoms with Gasteiger partial charge in [0.05, 0.1) is 6.10 Å². The number of urea groups is 1. The highest BCUT2D eigenvalue weighted by Crippen LogP contribution is 2.28. The van der Waals surface area contributed by atoms with E-state index in [1.54, 1.807) is 0 Å². The van der Waals surface area contributed by atoms with Gasteiger partial charge in [0.1, 0.15) is 6.04 Å². The molecule has 2 rings (SSSR count). The zero-order valence-corrected chi connectivity index (χ0v) is 11.8. The van der Waals surface area contributed by atoms with Crippen LogP contribution in [0.5, 0.6) is 0 Å². The van der Waals surface area contributed by atoms with Gasteiger partial charge in [-0.05, 0) is 18.8 Å². The minimum atomic E-state index is -1.05. The zero-order chi connectivity index (χ0) is 14.5. The lowest BCUT2D eigenvalue weighted by Crippen LogP contribution is -2.46. The summed E-state index contributed by atoms with van der Waals surface area (Å²) in [4.78, 5) is 24.2. The average Bonchev–Trinajstić information content (AvgIpc) is 3.03. The molecule has 1 aliphatic heterocycles. The Kier molecular flexibility index (Phi) is 5.23. The molecule has 2 unspecified atom stereocenters. The van der Waals surface area contributed by atoms with E-state index in [1.807, 2.05) is 0 Å². The fourth-order valence-corrected chi connectivity index (χ4v) is 3.26. The quantitative estimate of drug-likeness (QED) is 0.661. The number of likely N-dealkylation sites (tertiary alicyclic amines) is 1. The molecule has 2 atom stereocenters. The van der Waals surface area contributed by atoms with Gasteiger partial charge in [-0.15, -0.1) is 0 Å². The molecule has 1 aliphatic carbocycles. The van der Waals surface area contributed by atoms with Crippen molar-refractivity contribution in [3.63, 3.8) is 0 Å². The molecule has 2 amide bonds. The highest BCUT2D eigenvalue weighted by molar-refractivity contribution is 5.83. The van der Waals surface area contributed by atoms with Crippen molar-refractivity contribution in [1.82, 2.24) is 10.2 Å². The molecule has 1 saturated carbocycles. The molecule has 0 aromatic heterocycles. The summed E-state index contributed by atoms with van der Waals surface area (Å²) >= 11 is 0. The lowest BCUT2D eigenvalue weighted by Gasteiger charge is -2.21. The van der Waals surface area contributed by atoms with Crippen LogP contribution >= 0.6 is 0 Å². The molecular weight excluding hydrogens is 260 g/mol. The summed E-state index contributed by atoms with van der Waals surface area (Å²) in [5.74, 6) is -0.255. The molecule has 6 heteroatoms. The number of nitrogens with one attached hydrogen (secondary N) is 1. The lowest BCUT2D eigenvalue weighted by molar-refractivity contribution is -0.141. The van der Waals surface area contributed by atoms with Crippen molar-refractivity contribution in [1.29, 1.82) is 0 Å². The average molecular weight is 284 g/mol. The molecule has 1 heterocycles. The van der Waals surface area contributed by atoms with Crippen molar-refractivity contribution in [3.8, 4) is 0 Å². The van der Waals surface area contributed by atoms with Gasteiger partial charge in [-0.2, -0.15) is 0 Å². The molecule has 0 radical (unpaired) electrons. The number of hydrogen-bond acceptors (Lipinski definition) is 3. The Morgan fingerprint density at radius 3 is 2.60 bits per heavy atom. The second-order valence-electron chi connectivity index (χ2n) is 5.92. The van der Waals surface area contributed by atoms with Crippen LogP contribution < -0.4 is 5.32 Å². The Hall–Kier alpha value is -1.30. The number of hydrogen-bond donors (Lipinski definition) is 3. The van der Waals surface area contributed by atoms with Gasteiger partial charge in [-0.1, -0.05) is 25.7 Å².